The number of benzene rings is 1. The van der Waals surface area contributed by atoms with Crippen molar-refractivity contribution in [3.63, 3.8) is 0 Å². The van der Waals surface area contributed by atoms with Crippen molar-refractivity contribution in [3.8, 4) is 0 Å². The summed E-state index contributed by atoms with van der Waals surface area (Å²) in [5, 5.41) is 6.77. The molecule has 0 spiro atoms. The number of nitrogens with one attached hydrogen (secondary N) is 1. The highest BCUT2D eigenvalue weighted by Gasteiger charge is 2.15. The fourth-order valence-corrected chi connectivity index (χ4v) is 1.55. The van der Waals surface area contributed by atoms with Crippen LogP contribution >= 0.6 is 0 Å². The van der Waals surface area contributed by atoms with Crippen LogP contribution in [0.3, 0.4) is 0 Å². The molecule has 6 heteroatoms. The van der Waals surface area contributed by atoms with Crippen LogP contribution in [0.5, 0.6) is 0 Å². The maximum Gasteiger partial charge on any atom is 0.241 e. The Morgan fingerprint density at radius 1 is 1.44 bits per heavy atom. The maximum atomic E-state index is 11.8. The van der Waals surface area contributed by atoms with E-state index in [0.717, 1.165) is 5.56 Å². The lowest BCUT2D eigenvalue weighted by atomic mass is 10.1. The molecule has 6 nitrogen and oxygen atoms in total. The first kappa shape index (κ1) is 12.3. The standard InChI is InChI=1S/C12H15N5O/c1-17-8-15-10(16-17)7-14-12(18)11(13)9-5-3-2-4-6-9/h2-6,8,11H,7,13H2,1H3,(H,14,18)/t11-/m1/s1. The van der Waals surface area contributed by atoms with Crippen LogP contribution in [0.25, 0.3) is 0 Å². The van der Waals surface area contributed by atoms with Crippen molar-refractivity contribution in [1.29, 1.82) is 0 Å². The maximum absolute atomic E-state index is 11.8. The lowest BCUT2D eigenvalue weighted by Crippen LogP contribution is -2.33. The van der Waals surface area contributed by atoms with Crippen molar-refractivity contribution in [2.75, 3.05) is 0 Å². The van der Waals surface area contributed by atoms with Crippen LogP contribution in [0.15, 0.2) is 36.7 Å². The van der Waals surface area contributed by atoms with E-state index in [1.807, 2.05) is 30.3 Å². The number of nitrogens with two attached hydrogens (primary N) is 1. The molecule has 1 aromatic carbocycles. The lowest BCUT2D eigenvalue weighted by molar-refractivity contribution is -0.122. The Kier molecular flexibility index (Phi) is 3.69. The summed E-state index contributed by atoms with van der Waals surface area (Å²) in [6.07, 6.45) is 1.58. The molecule has 1 heterocycles. The number of hydrogen-bond donors (Lipinski definition) is 2. The van der Waals surface area contributed by atoms with Gasteiger partial charge in [0.2, 0.25) is 5.91 Å². The number of amides is 1. The van der Waals surface area contributed by atoms with Gasteiger partial charge in [0.1, 0.15) is 12.4 Å². The molecule has 0 radical (unpaired) electrons. The largest absolute Gasteiger partial charge is 0.347 e. The zero-order valence-electron chi connectivity index (χ0n) is 10.1. The monoisotopic (exact) mass is 245 g/mol. The summed E-state index contributed by atoms with van der Waals surface area (Å²) in [6, 6.07) is 8.55. The first-order valence-corrected chi connectivity index (χ1v) is 5.59. The van der Waals surface area contributed by atoms with Gasteiger partial charge in [-0.15, -0.1) is 0 Å². The van der Waals surface area contributed by atoms with E-state index < -0.39 is 6.04 Å². The van der Waals surface area contributed by atoms with Gasteiger partial charge in [0.05, 0.1) is 6.54 Å². The van der Waals surface area contributed by atoms with Gasteiger partial charge in [0.15, 0.2) is 5.82 Å². The SMILES string of the molecule is Cn1cnc(CNC(=O)[C@H](N)c2ccccc2)n1. The van der Waals surface area contributed by atoms with Gasteiger partial charge < -0.3 is 11.1 Å². The summed E-state index contributed by atoms with van der Waals surface area (Å²) < 4.78 is 1.58. The number of nitrogens with zero attached hydrogens (tertiary/aromatic N) is 3. The molecule has 0 aliphatic carbocycles. The van der Waals surface area contributed by atoms with Gasteiger partial charge in [-0.25, -0.2) is 4.98 Å². The quantitative estimate of drug-likeness (QED) is 0.801. The fourth-order valence-electron chi connectivity index (χ4n) is 1.55. The molecular formula is C12H15N5O. The topological polar surface area (TPSA) is 85.8 Å². The van der Waals surface area contributed by atoms with Gasteiger partial charge in [-0.05, 0) is 5.56 Å². The van der Waals surface area contributed by atoms with Crippen LogP contribution in [-0.4, -0.2) is 20.7 Å². The summed E-state index contributed by atoms with van der Waals surface area (Å²) in [5.41, 5.74) is 6.63. The predicted octanol–water partition coefficient (Wildman–Crippen LogP) is 0.131. The number of carbonyl (C=O) groups excluding carboxylic acids is 1. The predicted molar refractivity (Wildman–Crippen MR) is 66.2 cm³/mol. The van der Waals surface area contributed by atoms with Crippen molar-refractivity contribution >= 4 is 5.91 Å². The first-order chi connectivity index (χ1) is 8.66. The number of aromatic nitrogens is 3. The molecule has 94 valence electrons. The third-order valence-electron chi connectivity index (χ3n) is 2.51. The molecule has 0 fully saturated rings. The smallest absolute Gasteiger partial charge is 0.241 e. The molecule has 0 aliphatic rings. The van der Waals surface area contributed by atoms with E-state index >= 15 is 0 Å². The van der Waals surface area contributed by atoms with E-state index in [1.165, 1.54) is 0 Å². The van der Waals surface area contributed by atoms with E-state index in [-0.39, 0.29) is 12.5 Å². The normalized spacial score (nSPS) is 12.1. The average molecular weight is 245 g/mol. The first-order valence-electron chi connectivity index (χ1n) is 5.59. The van der Waals surface area contributed by atoms with Crippen molar-refractivity contribution < 1.29 is 4.79 Å². The van der Waals surface area contributed by atoms with E-state index in [4.69, 9.17) is 5.73 Å². The average Bonchev–Trinajstić information content (AvgIpc) is 2.82. The molecule has 0 saturated heterocycles. The van der Waals surface area contributed by atoms with Crippen LogP contribution in [0.1, 0.15) is 17.4 Å². The van der Waals surface area contributed by atoms with Crippen LogP contribution in [0.4, 0.5) is 0 Å². The fraction of sp³-hybridized carbons (Fsp3) is 0.250. The third kappa shape index (κ3) is 2.92. The minimum atomic E-state index is -0.671. The Hall–Kier alpha value is -2.21. The van der Waals surface area contributed by atoms with Crippen LogP contribution in [0, 0.1) is 0 Å². The van der Waals surface area contributed by atoms with Crippen LogP contribution in [-0.2, 0) is 18.4 Å². The van der Waals surface area contributed by atoms with Gasteiger partial charge in [-0.2, -0.15) is 5.10 Å². The molecule has 1 aromatic heterocycles. The summed E-state index contributed by atoms with van der Waals surface area (Å²) >= 11 is 0. The van der Waals surface area contributed by atoms with Gasteiger partial charge >= 0.3 is 0 Å². The molecule has 3 N–H and O–H groups in total. The second-order valence-electron chi connectivity index (χ2n) is 3.94. The van der Waals surface area contributed by atoms with Gasteiger partial charge in [0.25, 0.3) is 0 Å². The highest BCUT2D eigenvalue weighted by Crippen LogP contribution is 2.09. The minimum absolute atomic E-state index is 0.242. The van der Waals surface area contributed by atoms with E-state index in [9.17, 15) is 4.79 Å². The summed E-state index contributed by atoms with van der Waals surface area (Å²) in [5.74, 6) is 0.319. The molecular weight excluding hydrogens is 230 g/mol. The lowest BCUT2D eigenvalue weighted by Gasteiger charge is -2.11. The molecule has 2 aromatic rings. The molecule has 0 bridgehead atoms. The van der Waals surface area contributed by atoms with Crippen molar-refractivity contribution in [1.82, 2.24) is 20.1 Å². The van der Waals surface area contributed by atoms with Crippen LogP contribution in [0.2, 0.25) is 0 Å². The Morgan fingerprint density at radius 2 is 2.17 bits per heavy atom. The summed E-state index contributed by atoms with van der Waals surface area (Å²) in [4.78, 5) is 15.8. The van der Waals surface area contributed by atoms with Crippen molar-refractivity contribution in [2.24, 2.45) is 12.8 Å². The van der Waals surface area contributed by atoms with Crippen molar-refractivity contribution in [3.05, 3.63) is 48.0 Å². The minimum Gasteiger partial charge on any atom is -0.347 e. The molecule has 1 amide bonds. The molecule has 0 aliphatic heterocycles. The molecule has 18 heavy (non-hydrogen) atoms. The third-order valence-corrected chi connectivity index (χ3v) is 2.51. The zero-order chi connectivity index (χ0) is 13.0. The summed E-state index contributed by atoms with van der Waals surface area (Å²) in [6.45, 7) is 0.278. The number of hydrogen-bond acceptors (Lipinski definition) is 4. The molecule has 0 unspecified atom stereocenters. The second kappa shape index (κ2) is 5.42. The number of aryl methyl sites for hydroxylation is 1. The Labute approximate surface area is 105 Å². The number of rotatable bonds is 4. The van der Waals surface area contributed by atoms with E-state index in [2.05, 4.69) is 15.4 Å². The highest BCUT2D eigenvalue weighted by molar-refractivity contribution is 5.82. The Balaban J connectivity index is 1.92. The van der Waals surface area contributed by atoms with Crippen molar-refractivity contribution in [2.45, 2.75) is 12.6 Å². The molecule has 1 atom stereocenters. The van der Waals surface area contributed by atoms with Gasteiger partial charge in [0, 0.05) is 7.05 Å². The van der Waals surface area contributed by atoms with Gasteiger partial charge in [-0.1, -0.05) is 30.3 Å². The van der Waals surface area contributed by atoms with E-state index in [0.29, 0.717) is 5.82 Å². The zero-order valence-corrected chi connectivity index (χ0v) is 10.1. The van der Waals surface area contributed by atoms with E-state index in [1.54, 1.807) is 18.1 Å². The molecule has 0 saturated carbocycles. The Morgan fingerprint density at radius 3 is 2.78 bits per heavy atom. The second-order valence-corrected chi connectivity index (χ2v) is 3.94. The van der Waals surface area contributed by atoms with Crippen LogP contribution < -0.4 is 11.1 Å². The molecule has 2 rings (SSSR count). The Bertz CT molecular complexity index is 522. The summed E-state index contributed by atoms with van der Waals surface area (Å²) in [7, 11) is 1.77. The highest BCUT2D eigenvalue weighted by atomic mass is 16.2. The number of carbonyl (C=O) groups is 1. The van der Waals surface area contributed by atoms with Gasteiger partial charge in [-0.3, -0.25) is 9.48 Å².